The van der Waals surface area contributed by atoms with Gasteiger partial charge in [-0.2, -0.15) is 5.10 Å². The van der Waals surface area contributed by atoms with Crippen LogP contribution in [-0.2, 0) is 9.59 Å². The number of nitrogens with one attached hydrogen (secondary N) is 1. The molecule has 2 aromatic carbocycles. The molecule has 0 saturated carbocycles. The highest BCUT2D eigenvalue weighted by molar-refractivity contribution is 6.30. The third-order valence-electron chi connectivity index (χ3n) is 12.3. The second kappa shape index (κ2) is 15.2. The van der Waals surface area contributed by atoms with Gasteiger partial charge in [0.25, 0.3) is 17.7 Å². The van der Waals surface area contributed by atoms with E-state index in [4.69, 9.17) is 32.9 Å². The van der Waals surface area contributed by atoms with E-state index >= 15 is 0 Å². The van der Waals surface area contributed by atoms with Crippen LogP contribution >= 0.6 is 11.6 Å². The van der Waals surface area contributed by atoms with Gasteiger partial charge in [0.2, 0.25) is 17.7 Å². The predicted octanol–water partition coefficient (Wildman–Crippen LogP) is 3.46. The average molecular weight is 807 g/mol. The molecule has 5 N–H and O–H groups in total. The van der Waals surface area contributed by atoms with Crippen molar-refractivity contribution in [2.45, 2.75) is 62.7 Å². The molecule has 0 bridgehead atoms. The molecule has 0 aliphatic carbocycles. The summed E-state index contributed by atoms with van der Waals surface area (Å²) in [6, 6.07) is 15.8. The van der Waals surface area contributed by atoms with Gasteiger partial charge >= 0.3 is 0 Å². The van der Waals surface area contributed by atoms with E-state index in [0.717, 1.165) is 75.5 Å². The number of ether oxygens (including phenoxy) is 1. The lowest BCUT2D eigenvalue weighted by atomic mass is 9.95. The highest BCUT2D eigenvalue weighted by Gasteiger charge is 2.45. The van der Waals surface area contributed by atoms with Crippen LogP contribution in [0.1, 0.15) is 75.6 Å². The molecular weight excluding hydrogens is 764 g/mol. The first-order valence-electron chi connectivity index (χ1n) is 19.7. The van der Waals surface area contributed by atoms with Crippen molar-refractivity contribution in [3.8, 4) is 22.9 Å². The van der Waals surface area contributed by atoms with Crippen LogP contribution in [0, 0.1) is 0 Å². The number of hydrogen-bond donors (Lipinski definition) is 3. The number of imide groups is 2. The first kappa shape index (κ1) is 37.7. The third kappa shape index (κ3) is 6.94. The summed E-state index contributed by atoms with van der Waals surface area (Å²) in [5.74, 6) is -1.37. The molecule has 0 radical (unpaired) electrons. The smallest absolute Gasteiger partial charge is 0.262 e. The Morgan fingerprint density at radius 1 is 0.810 bits per heavy atom. The van der Waals surface area contributed by atoms with Crippen molar-refractivity contribution >= 4 is 52.6 Å². The number of amides is 5. The third-order valence-corrected chi connectivity index (χ3v) is 12.5. The van der Waals surface area contributed by atoms with E-state index in [1.54, 1.807) is 41.1 Å². The van der Waals surface area contributed by atoms with Crippen molar-refractivity contribution in [1.82, 2.24) is 34.8 Å². The molecule has 5 aliphatic heterocycles. The molecule has 1 atom stereocenters. The van der Waals surface area contributed by atoms with Gasteiger partial charge in [-0.15, -0.1) is 0 Å². The van der Waals surface area contributed by atoms with Gasteiger partial charge in [0.1, 0.15) is 28.9 Å². The van der Waals surface area contributed by atoms with Crippen LogP contribution in [0.4, 0.5) is 11.5 Å². The fraction of sp³-hybridized carbons (Fsp3) is 0.390. The molecule has 4 saturated heterocycles. The lowest BCUT2D eigenvalue weighted by Gasteiger charge is -2.50. The number of halogens is 1. The summed E-state index contributed by atoms with van der Waals surface area (Å²) in [5, 5.41) is 7.60. The number of carbonyl (C=O) groups excluding carboxylic acids is 5. The van der Waals surface area contributed by atoms with Gasteiger partial charge in [0, 0.05) is 81.3 Å². The van der Waals surface area contributed by atoms with E-state index < -0.39 is 35.6 Å². The zero-order chi connectivity index (χ0) is 40.2. The number of hydrogen-bond acceptors (Lipinski definition) is 12. The Morgan fingerprint density at radius 3 is 2.14 bits per heavy atom. The lowest BCUT2D eigenvalue weighted by Crippen LogP contribution is -2.62. The predicted molar refractivity (Wildman–Crippen MR) is 213 cm³/mol. The number of nitrogen functional groups attached to an aromatic ring is 1. The number of carbonyl (C=O) groups is 5. The number of fused-ring (bicyclic) bond motifs is 1. The van der Waals surface area contributed by atoms with Gasteiger partial charge in [0.05, 0.1) is 22.2 Å². The molecule has 5 amide bonds. The van der Waals surface area contributed by atoms with Gasteiger partial charge < -0.3 is 26.0 Å². The summed E-state index contributed by atoms with van der Waals surface area (Å²) >= 11 is 5.93. The Hall–Kier alpha value is -5.84. The Labute approximate surface area is 339 Å². The number of nitrogens with zero attached hydrogens (tertiary/aromatic N) is 7. The van der Waals surface area contributed by atoms with Crippen molar-refractivity contribution < 1.29 is 28.7 Å². The largest absolute Gasteiger partial charge is 0.439 e. The fourth-order valence-electron chi connectivity index (χ4n) is 9.06. The number of piperidine rings is 3. The van der Waals surface area contributed by atoms with Crippen LogP contribution in [0.15, 0.2) is 60.8 Å². The molecule has 4 fully saturated rings. The summed E-state index contributed by atoms with van der Waals surface area (Å²) in [6.45, 7) is 5.45. The molecule has 58 heavy (non-hydrogen) atoms. The van der Waals surface area contributed by atoms with Gasteiger partial charge in [-0.3, -0.25) is 39.1 Å². The van der Waals surface area contributed by atoms with Crippen LogP contribution in [0.5, 0.6) is 11.6 Å². The Morgan fingerprint density at radius 2 is 1.48 bits per heavy atom. The minimum Gasteiger partial charge on any atom is -0.439 e. The molecule has 2 aromatic heterocycles. The normalized spacial score (nSPS) is 21.3. The highest BCUT2D eigenvalue weighted by atomic mass is 35.5. The van der Waals surface area contributed by atoms with Gasteiger partial charge in [-0.25, -0.2) is 9.67 Å². The van der Waals surface area contributed by atoms with Crippen molar-refractivity contribution in [2.24, 2.45) is 5.73 Å². The van der Waals surface area contributed by atoms with Crippen molar-refractivity contribution in [2.75, 3.05) is 49.9 Å². The molecule has 300 valence electrons. The van der Waals surface area contributed by atoms with E-state index in [0.29, 0.717) is 45.6 Å². The van der Waals surface area contributed by atoms with Crippen molar-refractivity contribution in [1.29, 1.82) is 0 Å². The van der Waals surface area contributed by atoms with E-state index in [9.17, 15) is 24.0 Å². The second-order valence-corrected chi connectivity index (χ2v) is 16.1. The Kier molecular flexibility index (Phi) is 9.86. The van der Waals surface area contributed by atoms with Crippen molar-refractivity contribution in [3.05, 3.63) is 82.5 Å². The fourth-order valence-corrected chi connectivity index (χ4v) is 9.17. The maximum atomic E-state index is 13.3. The number of benzene rings is 2. The highest BCUT2D eigenvalue weighted by Crippen LogP contribution is 2.36. The summed E-state index contributed by atoms with van der Waals surface area (Å²) in [4.78, 5) is 75.6. The molecule has 9 rings (SSSR count). The standard InChI is InChI=1S/C41H43ClN10O6/c42-24-3-10-34(45-20-24)58-29-5-1-23(2-6-29)36-35(38(44)54)37(43)52(47-36)26-13-17-48(18-14-26)25-11-15-49(16-12-25)28-21-50(22-28)27-4-7-30-31(19-27)41(57)51(40(30)56)32-8-9-33(53)46-39(32)55/h1-7,10,19-20,25-26,28,32H,8-9,11-18,21-22,43H2,(H2,44,54)(H,46,53,55). The molecule has 16 nitrogen and oxygen atoms in total. The molecule has 1 unspecified atom stereocenters. The van der Waals surface area contributed by atoms with Crippen LogP contribution in [0.3, 0.4) is 0 Å². The topological polar surface area (TPSA) is 202 Å². The lowest BCUT2D eigenvalue weighted by molar-refractivity contribution is -0.136. The second-order valence-electron chi connectivity index (χ2n) is 15.6. The van der Waals surface area contributed by atoms with E-state index in [1.165, 1.54) is 6.20 Å². The molecule has 17 heteroatoms. The van der Waals surface area contributed by atoms with E-state index in [1.807, 2.05) is 18.2 Å². The number of primary amides is 1. The minimum absolute atomic E-state index is 0.0378. The molecular formula is C41H43ClN10O6. The van der Waals surface area contributed by atoms with Crippen LogP contribution in [-0.4, -0.2) is 116 Å². The Bertz CT molecular complexity index is 2290. The van der Waals surface area contributed by atoms with Crippen LogP contribution < -0.4 is 26.4 Å². The molecule has 5 aliphatic rings. The number of pyridine rings is 1. The average Bonchev–Trinajstić information content (AvgIpc) is 3.68. The zero-order valence-electron chi connectivity index (χ0n) is 31.7. The summed E-state index contributed by atoms with van der Waals surface area (Å²) in [7, 11) is 0. The molecule has 0 spiro atoms. The SMILES string of the molecule is NC(=O)c1c(-c2ccc(Oc3ccc(Cl)cn3)cc2)nn(C2CCN(C3CCN(C4CN(c5ccc6c(c5)C(=O)N(C5CCC(=O)NC5=O)C6=O)C4)CC3)CC2)c1N. The number of aromatic nitrogens is 3. The number of rotatable bonds is 9. The molecule has 7 heterocycles. The molecule has 4 aromatic rings. The summed E-state index contributed by atoms with van der Waals surface area (Å²) in [5.41, 5.74) is 15.2. The quantitative estimate of drug-likeness (QED) is 0.208. The number of likely N-dealkylation sites (tertiary alicyclic amines) is 2. The van der Waals surface area contributed by atoms with Crippen molar-refractivity contribution in [3.63, 3.8) is 0 Å². The number of anilines is 2. The Balaban J connectivity index is 0.766. The van der Waals surface area contributed by atoms with E-state index in [2.05, 4.69) is 25.0 Å². The van der Waals surface area contributed by atoms with Gasteiger partial charge in [0.15, 0.2) is 0 Å². The number of nitrogens with two attached hydrogens (primary N) is 2. The van der Waals surface area contributed by atoms with Crippen LogP contribution in [0.25, 0.3) is 11.3 Å². The summed E-state index contributed by atoms with van der Waals surface area (Å²) in [6.07, 6.45) is 5.57. The van der Waals surface area contributed by atoms with E-state index in [-0.39, 0.29) is 35.8 Å². The van der Waals surface area contributed by atoms with Crippen LogP contribution in [0.2, 0.25) is 5.02 Å². The first-order valence-corrected chi connectivity index (χ1v) is 20.1. The van der Waals surface area contributed by atoms with Gasteiger partial charge in [-0.05, 0) is 80.6 Å². The first-order chi connectivity index (χ1) is 28.0. The maximum Gasteiger partial charge on any atom is 0.262 e. The minimum atomic E-state index is -0.978. The monoisotopic (exact) mass is 806 g/mol. The maximum absolute atomic E-state index is 13.3. The van der Waals surface area contributed by atoms with Gasteiger partial charge in [-0.1, -0.05) is 11.6 Å². The summed E-state index contributed by atoms with van der Waals surface area (Å²) < 4.78 is 7.60. The zero-order valence-corrected chi connectivity index (χ0v) is 32.4.